The summed E-state index contributed by atoms with van der Waals surface area (Å²) in [6.07, 6.45) is 4.56. The van der Waals surface area contributed by atoms with E-state index in [1.54, 1.807) is 24.5 Å². The number of hydrogen-bond donors (Lipinski definition) is 1. The Morgan fingerprint density at radius 2 is 2.25 bits per heavy atom. The van der Waals surface area contributed by atoms with Gasteiger partial charge in [-0.3, -0.25) is 4.98 Å². The van der Waals surface area contributed by atoms with Gasteiger partial charge in [-0.05, 0) is 30.2 Å². The van der Waals surface area contributed by atoms with Crippen molar-refractivity contribution in [2.45, 2.75) is 0 Å². The zero-order valence-electron chi connectivity index (χ0n) is 8.29. The smallest absolute Gasteiger partial charge is 0.177 e. The first kappa shape index (κ1) is 9.99. The van der Waals surface area contributed by atoms with Gasteiger partial charge in [-0.2, -0.15) is 0 Å². The van der Waals surface area contributed by atoms with Crippen LogP contribution in [0, 0.1) is 11.8 Å². The lowest BCUT2D eigenvalue weighted by Gasteiger charge is -1.85. The topological polar surface area (TPSA) is 58.6 Å². The van der Waals surface area contributed by atoms with Gasteiger partial charge in [-0.25, -0.2) is 0 Å². The van der Waals surface area contributed by atoms with E-state index in [1.807, 2.05) is 12.1 Å². The number of oxime groups is 1. The van der Waals surface area contributed by atoms with Crippen LogP contribution < -0.4 is 0 Å². The van der Waals surface area contributed by atoms with Crippen LogP contribution in [0.15, 0.2) is 46.2 Å². The molecule has 0 bridgehead atoms. The maximum atomic E-state index is 8.30. The molecular weight excluding hydrogens is 204 g/mol. The fourth-order valence-electron chi connectivity index (χ4n) is 1.12. The molecular formula is C12H8N2O2. The Balaban J connectivity index is 2.18. The van der Waals surface area contributed by atoms with Gasteiger partial charge < -0.3 is 9.62 Å². The lowest BCUT2D eigenvalue weighted by atomic mass is 10.3. The van der Waals surface area contributed by atoms with Crippen LogP contribution in [0.1, 0.15) is 17.1 Å². The average molecular weight is 212 g/mol. The van der Waals surface area contributed by atoms with Crippen LogP contribution in [0.25, 0.3) is 0 Å². The Morgan fingerprint density at radius 1 is 1.31 bits per heavy atom. The van der Waals surface area contributed by atoms with E-state index in [4.69, 9.17) is 9.62 Å². The standard InChI is InChI=1S/C12H8N2O2/c15-14-9-12-6-5-11(16-12)4-3-10-2-1-7-13-8-10/h1-2,5-9,15H/b14-9+. The van der Waals surface area contributed by atoms with Crippen molar-refractivity contribution >= 4 is 6.21 Å². The van der Waals surface area contributed by atoms with Crippen LogP contribution in [0.3, 0.4) is 0 Å². The third-order valence-electron chi connectivity index (χ3n) is 1.80. The molecule has 2 rings (SSSR count). The molecule has 78 valence electrons. The minimum absolute atomic E-state index is 0.456. The molecule has 0 amide bonds. The van der Waals surface area contributed by atoms with Crippen LogP contribution in [-0.4, -0.2) is 16.4 Å². The maximum Gasteiger partial charge on any atom is 0.177 e. The van der Waals surface area contributed by atoms with Crippen molar-refractivity contribution in [3.63, 3.8) is 0 Å². The van der Waals surface area contributed by atoms with Crippen molar-refractivity contribution in [2.75, 3.05) is 0 Å². The molecule has 0 radical (unpaired) electrons. The van der Waals surface area contributed by atoms with Crippen molar-refractivity contribution in [1.29, 1.82) is 0 Å². The highest BCUT2D eigenvalue weighted by atomic mass is 16.4. The first-order chi connectivity index (χ1) is 7.88. The first-order valence-electron chi connectivity index (χ1n) is 4.58. The monoisotopic (exact) mass is 212 g/mol. The second kappa shape index (κ2) is 4.80. The summed E-state index contributed by atoms with van der Waals surface area (Å²) in [7, 11) is 0. The van der Waals surface area contributed by atoms with Crippen molar-refractivity contribution in [3.8, 4) is 11.8 Å². The van der Waals surface area contributed by atoms with E-state index < -0.39 is 0 Å². The normalized spacial score (nSPS) is 10.0. The lowest BCUT2D eigenvalue weighted by molar-refractivity contribution is 0.320. The predicted molar refractivity (Wildman–Crippen MR) is 58.3 cm³/mol. The largest absolute Gasteiger partial charge is 0.447 e. The maximum absolute atomic E-state index is 8.30. The quantitative estimate of drug-likeness (QED) is 0.340. The highest BCUT2D eigenvalue weighted by Gasteiger charge is 1.95. The predicted octanol–water partition coefficient (Wildman–Crippen LogP) is 1.88. The summed E-state index contributed by atoms with van der Waals surface area (Å²) < 4.78 is 5.24. The van der Waals surface area contributed by atoms with E-state index in [0.29, 0.717) is 11.5 Å². The SMILES string of the molecule is O/N=C/c1ccc(C#Cc2cccnc2)o1. The highest BCUT2D eigenvalue weighted by molar-refractivity contribution is 5.75. The molecule has 0 aromatic carbocycles. The molecule has 16 heavy (non-hydrogen) atoms. The molecule has 0 spiro atoms. The van der Waals surface area contributed by atoms with Gasteiger partial charge in [-0.1, -0.05) is 11.1 Å². The second-order valence-corrected chi connectivity index (χ2v) is 2.94. The lowest BCUT2D eigenvalue weighted by Crippen LogP contribution is -1.75. The van der Waals surface area contributed by atoms with Crippen LogP contribution in [0.2, 0.25) is 0 Å². The van der Waals surface area contributed by atoms with Crippen LogP contribution in [0.4, 0.5) is 0 Å². The molecule has 0 aliphatic carbocycles. The van der Waals surface area contributed by atoms with Gasteiger partial charge in [0.15, 0.2) is 5.76 Å². The van der Waals surface area contributed by atoms with E-state index in [2.05, 4.69) is 22.0 Å². The Labute approximate surface area is 92.2 Å². The Hall–Kier alpha value is -2.54. The van der Waals surface area contributed by atoms with E-state index in [-0.39, 0.29) is 0 Å². The van der Waals surface area contributed by atoms with Crippen molar-refractivity contribution < 1.29 is 9.62 Å². The Morgan fingerprint density at radius 3 is 3.00 bits per heavy atom. The number of aromatic nitrogens is 1. The third-order valence-corrected chi connectivity index (χ3v) is 1.80. The molecule has 2 heterocycles. The fraction of sp³-hybridized carbons (Fsp3) is 0. The molecule has 4 heteroatoms. The number of hydrogen-bond acceptors (Lipinski definition) is 4. The minimum Gasteiger partial charge on any atom is -0.447 e. The minimum atomic E-state index is 0.456. The first-order valence-corrected chi connectivity index (χ1v) is 4.58. The molecule has 0 saturated carbocycles. The van der Waals surface area contributed by atoms with Gasteiger partial charge in [0.1, 0.15) is 12.0 Å². The van der Waals surface area contributed by atoms with Crippen molar-refractivity contribution in [3.05, 3.63) is 53.7 Å². The second-order valence-electron chi connectivity index (χ2n) is 2.94. The molecule has 1 N–H and O–H groups in total. The molecule has 2 aromatic heterocycles. The van der Waals surface area contributed by atoms with Crippen LogP contribution >= 0.6 is 0 Å². The summed E-state index contributed by atoms with van der Waals surface area (Å²) in [5.74, 6) is 6.71. The summed E-state index contributed by atoms with van der Waals surface area (Å²) in [6.45, 7) is 0. The van der Waals surface area contributed by atoms with E-state index >= 15 is 0 Å². The summed E-state index contributed by atoms with van der Waals surface area (Å²) in [4.78, 5) is 3.94. The summed E-state index contributed by atoms with van der Waals surface area (Å²) in [6, 6.07) is 7.06. The van der Waals surface area contributed by atoms with E-state index in [9.17, 15) is 0 Å². The zero-order valence-corrected chi connectivity index (χ0v) is 8.29. The summed E-state index contributed by atoms with van der Waals surface area (Å²) in [5.41, 5.74) is 0.816. The van der Waals surface area contributed by atoms with Crippen molar-refractivity contribution in [2.24, 2.45) is 5.16 Å². The number of nitrogens with zero attached hydrogens (tertiary/aromatic N) is 2. The molecule has 0 unspecified atom stereocenters. The molecule has 0 saturated heterocycles. The number of pyridine rings is 1. The molecule has 0 fully saturated rings. The fourth-order valence-corrected chi connectivity index (χ4v) is 1.12. The zero-order chi connectivity index (χ0) is 11.2. The Kier molecular flexibility index (Phi) is 3.00. The van der Waals surface area contributed by atoms with Gasteiger partial charge in [0.2, 0.25) is 0 Å². The molecule has 0 atom stereocenters. The van der Waals surface area contributed by atoms with Gasteiger partial charge in [0.25, 0.3) is 0 Å². The van der Waals surface area contributed by atoms with E-state index in [0.717, 1.165) is 5.56 Å². The molecule has 4 nitrogen and oxygen atoms in total. The average Bonchev–Trinajstić information content (AvgIpc) is 2.76. The van der Waals surface area contributed by atoms with Gasteiger partial charge in [-0.15, -0.1) is 0 Å². The highest BCUT2D eigenvalue weighted by Crippen LogP contribution is 2.04. The van der Waals surface area contributed by atoms with Crippen LogP contribution in [-0.2, 0) is 0 Å². The number of rotatable bonds is 1. The third kappa shape index (κ3) is 2.49. The summed E-state index contributed by atoms with van der Waals surface area (Å²) >= 11 is 0. The Bertz CT molecular complexity index is 547. The molecule has 0 aliphatic heterocycles. The van der Waals surface area contributed by atoms with Crippen LogP contribution in [0.5, 0.6) is 0 Å². The summed E-state index contributed by atoms with van der Waals surface area (Å²) in [5, 5.41) is 11.2. The molecule has 0 aliphatic rings. The van der Waals surface area contributed by atoms with Gasteiger partial charge >= 0.3 is 0 Å². The van der Waals surface area contributed by atoms with Crippen molar-refractivity contribution in [1.82, 2.24) is 4.98 Å². The van der Waals surface area contributed by atoms with E-state index in [1.165, 1.54) is 6.21 Å². The molecule has 2 aromatic rings. The number of furan rings is 1. The van der Waals surface area contributed by atoms with Gasteiger partial charge in [0, 0.05) is 18.0 Å². The van der Waals surface area contributed by atoms with Gasteiger partial charge in [0.05, 0.1) is 0 Å².